The summed E-state index contributed by atoms with van der Waals surface area (Å²) in [6.45, 7) is 8.21. The van der Waals surface area contributed by atoms with Crippen LogP contribution in [0, 0.1) is 0 Å². The highest BCUT2D eigenvalue weighted by atomic mass is 32.2. The average molecular weight is 299 g/mol. The molecule has 1 N–H and O–H groups in total. The minimum atomic E-state index is -3.39. The van der Waals surface area contributed by atoms with Crippen LogP contribution in [0.5, 0.6) is 0 Å². The molecule has 2 rings (SSSR count). The second-order valence-corrected chi connectivity index (χ2v) is 7.91. The van der Waals surface area contributed by atoms with E-state index in [0.717, 1.165) is 25.1 Å². The summed E-state index contributed by atoms with van der Waals surface area (Å²) in [5.74, 6) is 0. The Morgan fingerprint density at radius 1 is 1.40 bits per heavy atom. The third-order valence-electron chi connectivity index (χ3n) is 4.05. The second-order valence-electron chi connectivity index (χ2n) is 6.05. The maximum absolute atomic E-state index is 12.8. The molecule has 0 unspecified atom stereocenters. The summed E-state index contributed by atoms with van der Waals surface area (Å²) < 4.78 is 29.1. The molecule has 0 aliphatic carbocycles. The van der Waals surface area contributed by atoms with Crippen molar-refractivity contribution in [2.24, 2.45) is 7.05 Å². The van der Waals surface area contributed by atoms with Gasteiger partial charge in [-0.3, -0.25) is 0 Å². The molecule has 1 aliphatic rings. The van der Waals surface area contributed by atoms with E-state index in [1.165, 1.54) is 0 Å². The van der Waals surface area contributed by atoms with Crippen LogP contribution < -0.4 is 5.32 Å². The van der Waals surface area contributed by atoms with Gasteiger partial charge in [-0.25, -0.2) is 8.42 Å². The highest BCUT2D eigenvalue weighted by Gasteiger charge is 2.41. The minimum Gasteiger partial charge on any atom is -0.352 e. The maximum atomic E-state index is 12.8. The molecule has 0 radical (unpaired) electrons. The Bertz CT molecular complexity index is 575. The number of hydrogen-bond donors (Lipinski definition) is 1. The summed E-state index contributed by atoms with van der Waals surface area (Å²) in [7, 11) is -1.50. The van der Waals surface area contributed by atoms with Gasteiger partial charge in [-0.2, -0.15) is 4.31 Å². The van der Waals surface area contributed by atoms with E-state index < -0.39 is 10.0 Å². The lowest BCUT2D eigenvalue weighted by atomic mass is 10.0. The van der Waals surface area contributed by atoms with Crippen molar-refractivity contribution in [2.45, 2.75) is 50.6 Å². The maximum Gasteiger partial charge on any atom is 0.245 e. The molecule has 20 heavy (non-hydrogen) atoms. The van der Waals surface area contributed by atoms with Crippen LogP contribution in [0.4, 0.5) is 0 Å². The lowest BCUT2D eigenvalue weighted by Gasteiger charge is -2.30. The molecule has 1 aliphatic heterocycles. The molecule has 1 aromatic heterocycles. The van der Waals surface area contributed by atoms with Gasteiger partial charge in [-0.05, 0) is 39.3 Å². The first-order valence-electron chi connectivity index (χ1n) is 7.18. The number of rotatable bonds is 5. The van der Waals surface area contributed by atoms with Crippen LogP contribution >= 0.6 is 0 Å². The molecule has 1 aromatic rings. The normalized spacial score (nSPS) is 19.6. The number of nitrogens with zero attached hydrogens (tertiary/aromatic N) is 2. The monoisotopic (exact) mass is 299 g/mol. The Labute approximate surface area is 122 Å². The van der Waals surface area contributed by atoms with Crippen molar-refractivity contribution in [3.05, 3.63) is 18.0 Å². The van der Waals surface area contributed by atoms with Gasteiger partial charge >= 0.3 is 0 Å². The summed E-state index contributed by atoms with van der Waals surface area (Å²) >= 11 is 0. The molecule has 1 fully saturated rings. The van der Waals surface area contributed by atoms with Crippen molar-refractivity contribution in [1.82, 2.24) is 14.2 Å². The summed E-state index contributed by atoms with van der Waals surface area (Å²) in [6.07, 6.45) is 3.57. The van der Waals surface area contributed by atoms with Crippen molar-refractivity contribution >= 4 is 10.0 Å². The van der Waals surface area contributed by atoms with Crippen molar-refractivity contribution in [3.8, 4) is 0 Å². The van der Waals surface area contributed by atoms with Gasteiger partial charge in [-0.15, -0.1) is 0 Å². The van der Waals surface area contributed by atoms with Crippen LogP contribution in [-0.4, -0.2) is 35.9 Å². The number of sulfonamides is 1. The van der Waals surface area contributed by atoms with E-state index in [-0.39, 0.29) is 5.54 Å². The number of aromatic nitrogens is 1. The lowest BCUT2D eigenvalue weighted by molar-refractivity contribution is 0.291. The first kappa shape index (κ1) is 15.5. The van der Waals surface area contributed by atoms with E-state index in [0.29, 0.717) is 18.0 Å². The van der Waals surface area contributed by atoms with Gasteiger partial charge < -0.3 is 9.88 Å². The Morgan fingerprint density at radius 2 is 2.10 bits per heavy atom. The van der Waals surface area contributed by atoms with E-state index in [9.17, 15) is 8.42 Å². The zero-order valence-electron chi connectivity index (χ0n) is 12.8. The smallest absolute Gasteiger partial charge is 0.245 e. The molecule has 0 spiro atoms. The fourth-order valence-electron chi connectivity index (χ4n) is 2.80. The molecular formula is C14H25N3O2S. The quantitative estimate of drug-likeness (QED) is 0.900. The summed E-state index contributed by atoms with van der Waals surface area (Å²) in [5.41, 5.74) is 0.707. The second kappa shape index (κ2) is 5.50. The van der Waals surface area contributed by atoms with Crippen LogP contribution in [-0.2, 0) is 23.6 Å². The molecule has 114 valence electrons. The fourth-order valence-corrected chi connectivity index (χ4v) is 4.74. The van der Waals surface area contributed by atoms with E-state index in [4.69, 9.17) is 0 Å². The van der Waals surface area contributed by atoms with Crippen LogP contribution in [0.1, 0.15) is 39.3 Å². The van der Waals surface area contributed by atoms with Gasteiger partial charge in [0.05, 0.1) is 0 Å². The van der Waals surface area contributed by atoms with Gasteiger partial charge in [-0.1, -0.05) is 6.92 Å². The molecule has 2 heterocycles. The molecule has 0 atom stereocenters. The van der Waals surface area contributed by atoms with E-state index >= 15 is 0 Å². The van der Waals surface area contributed by atoms with Crippen molar-refractivity contribution < 1.29 is 8.42 Å². The molecule has 1 saturated heterocycles. The van der Waals surface area contributed by atoms with Crippen LogP contribution in [0.15, 0.2) is 17.2 Å². The molecule has 0 saturated carbocycles. The van der Waals surface area contributed by atoms with E-state index in [1.54, 1.807) is 16.6 Å². The molecule has 0 bridgehead atoms. The molecule has 5 nitrogen and oxygen atoms in total. The van der Waals surface area contributed by atoms with Crippen LogP contribution in [0.2, 0.25) is 0 Å². The van der Waals surface area contributed by atoms with Crippen molar-refractivity contribution in [2.75, 3.05) is 13.1 Å². The van der Waals surface area contributed by atoms with Gasteiger partial charge in [0.1, 0.15) is 4.90 Å². The van der Waals surface area contributed by atoms with Gasteiger partial charge in [0.25, 0.3) is 0 Å². The lowest BCUT2D eigenvalue weighted by Crippen LogP contribution is -2.42. The summed E-state index contributed by atoms with van der Waals surface area (Å²) in [6, 6.07) is 1.78. The Kier molecular flexibility index (Phi) is 4.27. The SMILES string of the molecule is CCNCc1cc(S(=O)(=O)N2CCCC2(C)C)cn1C. The third kappa shape index (κ3) is 2.77. The minimum absolute atomic E-state index is 0.281. The predicted octanol–water partition coefficient (Wildman–Crippen LogP) is 1.70. The zero-order chi connectivity index (χ0) is 15.0. The average Bonchev–Trinajstić information content (AvgIpc) is 2.90. The topological polar surface area (TPSA) is 54.3 Å². The number of hydrogen-bond acceptors (Lipinski definition) is 3. The highest BCUT2D eigenvalue weighted by Crippen LogP contribution is 2.34. The summed E-state index contributed by atoms with van der Waals surface area (Å²) in [5, 5.41) is 3.23. The van der Waals surface area contributed by atoms with Crippen molar-refractivity contribution in [3.63, 3.8) is 0 Å². The Hall–Kier alpha value is -0.850. The largest absolute Gasteiger partial charge is 0.352 e. The molecular weight excluding hydrogens is 274 g/mol. The predicted molar refractivity (Wildman–Crippen MR) is 80.0 cm³/mol. The standard InChI is InChI=1S/C14H25N3O2S/c1-5-15-10-12-9-13(11-16(12)4)20(18,19)17-8-6-7-14(17,2)3/h9,11,15H,5-8,10H2,1-4H3. The number of aryl methyl sites for hydroxylation is 1. The van der Waals surface area contributed by atoms with Crippen LogP contribution in [0.25, 0.3) is 0 Å². The molecule has 6 heteroatoms. The van der Waals surface area contributed by atoms with Gasteiger partial charge in [0.2, 0.25) is 10.0 Å². The van der Waals surface area contributed by atoms with Gasteiger partial charge in [0.15, 0.2) is 0 Å². The van der Waals surface area contributed by atoms with Crippen LogP contribution in [0.3, 0.4) is 0 Å². The summed E-state index contributed by atoms with van der Waals surface area (Å²) in [4.78, 5) is 0.405. The van der Waals surface area contributed by atoms with E-state index in [1.807, 2.05) is 32.4 Å². The zero-order valence-corrected chi connectivity index (χ0v) is 13.6. The van der Waals surface area contributed by atoms with Gasteiger partial charge in [0, 0.05) is 37.6 Å². The van der Waals surface area contributed by atoms with E-state index in [2.05, 4.69) is 5.32 Å². The Balaban J connectivity index is 2.31. The Morgan fingerprint density at radius 3 is 2.65 bits per heavy atom. The third-order valence-corrected chi connectivity index (χ3v) is 6.13. The molecule has 0 aromatic carbocycles. The highest BCUT2D eigenvalue weighted by molar-refractivity contribution is 7.89. The molecule has 0 amide bonds. The first-order valence-corrected chi connectivity index (χ1v) is 8.62. The van der Waals surface area contributed by atoms with Crippen molar-refractivity contribution in [1.29, 1.82) is 0 Å². The number of nitrogens with one attached hydrogen (secondary N) is 1. The first-order chi connectivity index (χ1) is 9.29. The fraction of sp³-hybridized carbons (Fsp3) is 0.714.